The SMILES string of the molecule is CC(=O)CCOCC(COCCC(=O)C(C)C)(COCCC(=O)C(C)C)NC(=O)SOCC(C)(C)SC(C)C. The van der Waals surface area contributed by atoms with E-state index in [0.717, 1.165) is 0 Å². The van der Waals surface area contributed by atoms with Crippen LogP contribution in [0.15, 0.2) is 0 Å². The lowest BCUT2D eigenvalue weighted by Gasteiger charge is -2.34. The van der Waals surface area contributed by atoms with Gasteiger partial charge in [0.2, 0.25) is 0 Å². The number of thioether (sulfide) groups is 1. The van der Waals surface area contributed by atoms with E-state index in [4.69, 9.17) is 18.4 Å². The van der Waals surface area contributed by atoms with Gasteiger partial charge < -0.3 is 23.7 Å². The molecule has 0 unspecified atom stereocenters. The van der Waals surface area contributed by atoms with Crippen LogP contribution in [0.1, 0.15) is 81.6 Å². The molecule has 0 atom stereocenters. The van der Waals surface area contributed by atoms with Crippen molar-refractivity contribution in [3.63, 3.8) is 0 Å². The third-order valence-corrected chi connectivity index (χ3v) is 7.19. The van der Waals surface area contributed by atoms with Crippen LogP contribution >= 0.6 is 23.8 Å². The molecule has 11 heteroatoms. The molecule has 0 aliphatic rings. The van der Waals surface area contributed by atoms with E-state index in [-0.39, 0.29) is 92.8 Å². The predicted molar refractivity (Wildman–Crippen MR) is 158 cm³/mol. The topological polar surface area (TPSA) is 117 Å². The zero-order chi connectivity index (χ0) is 30.1. The van der Waals surface area contributed by atoms with Gasteiger partial charge in [-0.1, -0.05) is 41.5 Å². The summed E-state index contributed by atoms with van der Waals surface area (Å²) in [7, 11) is 0. The zero-order valence-electron chi connectivity index (χ0n) is 25.4. The van der Waals surface area contributed by atoms with Crippen LogP contribution in [0.3, 0.4) is 0 Å². The number of ketones is 3. The van der Waals surface area contributed by atoms with Crippen LogP contribution in [0.5, 0.6) is 0 Å². The highest BCUT2D eigenvalue weighted by Crippen LogP contribution is 2.30. The molecule has 9 nitrogen and oxygen atoms in total. The van der Waals surface area contributed by atoms with Crippen LogP contribution < -0.4 is 5.32 Å². The summed E-state index contributed by atoms with van der Waals surface area (Å²) in [6.45, 7) is 18.1. The van der Waals surface area contributed by atoms with Gasteiger partial charge in [-0.15, -0.1) is 0 Å². The van der Waals surface area contributed by atoms with Crippen molar-refractivity contribution in [1.82, 2.24) is 5.32 Å². The van der Waals surface area contributed by atoms with E-state index < -0.39 is 10.8 Å². The van der Waals surface area contributed by atoms with Crippen LogP contribution in [0, 0.1) is 11.8 Å². The first-order valence-corrected chi connectivity index (χ1v) is 15.3. The number of carbonyl (C=O) groups is 4. The molecule has 1 N–H and O–H groups in total. The van der Waals surface area contributed by atoms with Crippen molar-refractivity contribution < 1.29 is 37.6 Å². The first kappa shape index (κ1) is 38.0. The first-order valence-electron chi connectivity index (χ1n) is 13.7. The zero-order valence-corrected chi connectivity index (χ0v) is 27.0. The normalized spacial score (nSPS) is 12.4. The Bertz CT molecular complexity index is 728. The quantitative estimate of drug-likeness (QED) is 0.124. The summed E-state index contributed by atoms with van der Waals surface area (Å²) in [6.07, 6.45) is 0.728. The minimum absolute atomic E-state index is 0.0114. The summed E-state index contributed by atoms with van der Waals surface area (Å²) in [5.41, 5.74) is -1.12. The van der Waals surface area contributed by atoms with Crippen LogP contribution in [-0.2, 0) is 32.8 Å². The van der Waals surface area contributed by atoms with Gasteiger partial charge in [-0.25, -0.2) is 0 Å². The average Bonchev–Trinajstić information content (AvgIpc) is 2.80. The van der Waals surface area contributed by atoms with Gasteiger partial charge in [0.1, 0.15) is 22.9 Å². The van der Waals surface area contributed by atoms with Crippen molar-refractivity contribution in [2.24, 2.45) is 11.8 Å². The lowest BCUT2D eigenvalue weighted by Crippen LogP contribution is -2.58. The maximum Gasteiger partial charge on any atom is 0.306 e. The Hall–Kier alpha value is -0.980. The molecule has 0 aliphatic carbocycles. The molecule has 0 fully saturated rings. The molecule has 0 spiro atoms. The molecule has 0 radical (unpaired) electrons. The molecular formula is C28H51NO8S2. The minimum atomic E-state index is -1.12. The van der Waals surface area contributed by atoms with E-state index >= 15 is 0 Å². The van der Waals surface area contributed by atoms with Gasteiger partial charge in [0, 0.05) is 35.8 Å². The Kier molecular flexibility index (Phi) is 19.5. The summed E-state index contributed by atoms with van der Waals surface area (Å²) >= 11 is 2.47. The fourth-order valence-corrected chi connectivity index (χ4v) is 5.51. The number of hydrogen-bond acceptors (Lipinski definition) is 10. The van der Waals surface area contributed by atoms with Crippen molar-refractivity contribution in [1.29, 1.82) is 0 Å². The molecule has 0 rings (SSSR count). The van der Waals surface area contributed by atoms with Crippen molar-refractivity contribution >= 4 is 46.4 Å². The second-order valence-corrected chi connectivity index (χ2v) is 14.4. The number of Topliss-reactive ketones (excluding diaryl/α,β-unsaturated/α-hetero) is 3. The van der Waals surface area contributed by atoms with Crippen molar-refractivity contribution in [2.75, 3.05) is 46.2 Å². The van der Waals surface area contributed by atoms with Crippen LogP contribution in [-0.4, -0.2) is 84.4 Å². The Morgan fingerprint density at radius 1 is 0.718 bits per heavy atom. The molecule has 0 saturated heterocycles. The second kappa shape index (κ2) is 20.0. The fraction of sp³-hybridized carbons (Fsp3) is 0.857. The highest BCUT2D eigenvalue weighted by atomic mass is 32.2. The summed E-state index contributed by atoms with van der Waals surface area (Å²) in [6, 6.07) is 0. The number of hydrogen-bond donors (Lipinski definition) is 1. The lowest BCUT2D eigenvalue weighted by atomic mass is 10.0. The van der Waals surface area contributed by atoms with Crippen molar-refractivity contribution in [3.05, 3.63) is 0 Å². The highest BCUT2D eigenvalue weighted by molar-refractivity contribution is 8.09. The van der Waals surface area contributed by atoms with Crippen LogP contribution in [0.4, 0.5) is 4.79 Å². The summed E-state index contributed by atoms with van der Waals surface area (Å²) in [4.78, 5) is 48.4. The van der Waals surface area contributed by atoms with Crippen LogP contribution in [0.2, 0.25) is 0 Å². The van der Waals surface area contributed by atoms with Gasteiger partial charge in [-0.05, 0) is 26.0 Å². The van der Waals surface area contributed by atoms with Gasteiger partial charge in [0.05, 0.1) is 58.3 Å². The van der Waals surface area contributed by atoms with E-state index in [2.05, 4.69) is 33.0 Å². The van der Waals surface area contributed by atoms with Crippen molar-refractivity contribution in [2.45, 2.75) is 97.1 Å². The summed E-state index contributed by atoms with van der Waals surface area (Å²) in [5, 5.41) is 2.90. The third-order valence-electron chi connectivity index (χ3n) is 5.47. The first-order chi connectivity index (χ1) is 18.1. The fourth-order valence-electron chi connectivity index (χ4n) is 3.31. The number of rotatable bonds is 23. The van der Waals surface area contributed by atoms with Gasteiger partial charge in [-0.2, -0.15) is 11.8 Å². The van der Waals surface area contributed by atoms with Crippen LogP contribution in [0.25, 0.3) is 0 Å². The largest absolute Gasteiger partial charge is 0.378 e. The molecule has 0 bridgehead atoms. The number of ether oxygens (including phenoxy) is 3. The van der Waals surface area contributed by atoms with E-state index in [1.165, 1.54) is 6.92 Å². The molecule has 0 heterocycles. The highest BCUT2D eigenvalue weighted by Gasteiger charge is 2.35. The van der Waals surface area contributed by atoms with E-state index in [1.807, 2.05) is 27.7 Å². The van der Waals surface area contributed by atoms with Gasteiger partial charge in [0.15, 0.2) is 0 Å². The Balaban J connectivity index is 5.45. The number of carbonyl (C=O) groups excluding carboxylic acids is 4. The molecule has 0 aromatic heterocycles. The minimum Gasteiger partial charge on any atom is -0.378 e. The van der Waals surface area contributed by atoms with Crippen molar-refractivity contribution in [3.8, 4) is 0 Å². The molecule has 0 aliphatic heterocycles. The predicted octanol–water partition coefficient (Wildman–Crippen LogP) is 5.28. The average molecular weight is 594 g/mol. The second-order valence-electron chi connectivity index (χ2n) is 11.3. The van der Waals surface area contributed by atoms with Gasteiger partial charge in [0.25, 0.3) is 0 Å². The molecule has 0 aromatic carbocycles. The number of amides is 1. The molecule has 228 valence electrons. The Morgan fingerprint density at radius 2 is 1.15 bits per heavy atom. The smallest absolute Gasteiger partial charge is 0.306 e. The maximum atomic E-state index is 13.0. The lowest BCUT2D eigenvalue weighted by molar-refractivity contribution is -0.123. The van der Waals surface area contributed by atoms with E-state index in [1.54, 1.807) is 11.8 Å². The van der Waals surface area contributed by atoms with E-state index in [0.29, 0.717) is 23.9 Å². The molecule has 39 heavy (non-hydrogen) atoms. The molecular weight excluding hydrogens is 542 g/mol. The third kappa shape index (κ3) is 19.7. The molecule has 0 aromatic rings. The monoisotopic (exact) mass is 593 g/mol. The molecule has 0 saturated carbocycles. The maximum absolute atomic E-state index is 13.0. The molecule has 1 amide bonds. The van der Waals surface area contributed by atoms with E-state index in [9.17, 15) is 19.2 Å². The summed E-state index contributed by atoms with van der Waals surface area (Å²) < 4.78 is 22.9. The Morgan fingerprint density at radius 3 is 1.54 bits per heavy atom. The number of nitrogens with one attached hydrogen (secondary N) is 1. The Labute approximate surface area is 244 Å². The summed E-state index contributed by atoms with van der Waals surface area (Å²) in [5.74, 6) is -0.0430. The van der Waals surface area contributed by atoms with Gasteiger partial charge >= 0.3 is 5.24 Å². The standard InChI is InChI=1S/C28H51NO8S2/c1-20(2)24(31)11-14-35-18-28(17-34-13-10-23(7)30,19-36-15-12-25(32)21(3)4)29-26(33)39-37-16-27(8,9)38-22(5)6/h20-22H,10-19H2,1-9H3,(H,29,33). The van der Waals surface area contributed by atoms with Gasteiger partial charge in [-0.3, -0.25) is 19.2 Å².